The van der Waals surface area contributed by atoms with Crippen LogP contribution in [-0.4, -0.2) is 30.1 Å². The molecule has 0 fully saturated rings. The third-order valence-corrected chi connectivity index (χ3v) is 5.94. The Morgan fingerprint density at radius 2 is 1.90 bits per heavy atom. The average Bonchev–Trinajstić information content (AvgIpc) is 3.28. The monoisotopic (exact) mass is 417 g/mol. The molecule has 0 unspecified atom stereocenters. The molecular formula is C24H23N3O4. The molecule has 1 aromatic heterocycles. The second-order valence-electron chi connectivity index (χ2n) is 8.06. The quantitative estimate of drug-likeness (QED) is 0.690. The molecule has 7 heteroatoms. The number of aryl methyl sites for hydroxylation is 2. The highest BCUT2D eigenvalue weighted by Gasteiger charge is 2.29. The molecule has 158 valence electrons. The molecule has 2 heterocycles. The van der Waals surface area contributed by atoms with Gasteiger partial charge in [-0.15, -0.1) is 0 Å². The lowest BCUT2D eigenvalue weighted by atomic mass is 9.90. The van der Waals surface area contributed by atoms with Crippen LogP contribution in [0.3, 0.4) is 0 Å². The highest BCUT2D eigenvalue weighted by atomic mass is 16.5. The number of rotatable bonds is 3. The molecule has 1 atom stereocenters. The molecule has 1 aliphatic heterocycles. The van der Waals surface area contributed by atoms with Gasteiger partial charge >= 0.3 is 0 Å². The van der Waals surface area contributed by atoms with Gasteiger partial charge in [-0.3, -0.25) is 9.59 Å². The van der Waals surface area contributed by atoms with Crippen molar-refractivity contribution in [1.29, 1.82) is 0 Å². The fraction of sp³-hybridized carbons (Fsp3) is 0.292. The number of ether oxygens (including phenoxy) is 1. The van der Waals surface area contributed by atoms with Crippen LogP contribution in [0, 0.1) is 0 Å². The molecule has 2 aliphatic rings. The molecule has 0 spiro atoms. The molecule has 1 aliphatic carbocycles. The number of hydrogen-bond donors (Lipinski definition) is 1. The molecule has 0 saturated carbocycles. The molecule has 1 N–H and O–H groups in total. The van der Waals surface area contributed by atoms with E-state index in [2.05, 4.69) is 22.6 Å². The fourth-order valence-corrected chi connectivity index (χ4v) is 4.19. The summed E-state index contributed by atoms with van der Waals surface area (Å²) in [7, 11) is 1.69. The van der Waals surface area contributed by atoms with Crippen LogP contribution in [0.25, 0.3) is 11.3 Å². The van der Waals surface area contributed by atoms with Crippen molar-refractivity contribution in [3.63, 3.8) is 0 Å². The van der Waals surface area contributed by atoms with Gasteiger partial charge in [0.25, 0.3) is 11.8 Å². The largest absolute Gasteiger partial charge is 0.479 e. The normalized spacial score (nSPS) is 17.5. The van der Waals surface area contributed by atoms with Gasteiger partial charge < -0.3 is 19.5 Å². The van der Waals surface area contributed by atoms with Crippen LogP contribution in [0.2, 0.25) is 0 Å². The van der Waals surface area contributed by atoms with E-state index in [4.69, 9.17) is 9.26 Å². The summed E-state index contributed by atoms with van der Waals surface area (Å²) < 4.78 is 11.1. The number of nitrogens with one attached hydrogen (secondary N) is 1. The van der Waals surface area contributed by atoms with E-state index in [1.54, 1.807) is 38.2 Å². The zero-order valence-corrected chi connectivity index (χ0v) is 17.5. The molecule has 7 nitrogen and oxygen atoms in total. The van der Waals surface area contributed by atoms with E-state index in [1.165, 1.54) is 28.9 Å². The van der Waals surface area contributed by atoms with E-state index >= 15 is 0 Å². The van der Waals surface area contributed by atoms with Gasteiger partial charge in [0.2, 0.25) is 0 Å². The minimum Gasteiger partial charge on any atom is -0.479 e. The first-order chi connectivity index (χ1) is 15.0. The molecule has 0 radical (unpaired) electrons. The van der Waals surface area contributed by atoms with E-state index in [1.807, 2.05) is 6.07 Å². The number of nitrogens with zero attached hydrogens (tertiary/aromatic N) is 2. The first-order valence-electron chi connectivity index (χ1n) is 10.5. The van der Waals surface area contributed by atoms with Crippen LogP contribution in [0.4, 0.5) is 11.4 Å². The summed E-state index contributed by atoms with van der Waals surface area (Å²) in [6, 6.07) is 13.1. The average molecular weight is 417 g/mol. The minimum absolute atomic E-state index is 0.137. The van der Waals surface area contributed by atoms with Crippen LogP contribution in [-0.2, 0) is 17.6 Å². The minimum atomic E-state index is -0.532. The Bertz CT molecular complexity index is 1180. The highest BCUT2D eigenvalue weighted by Crippen LogP contribution is 2.35. The number of hydrogen-bond acceptors (Lipinski definition) is 5. The second-order valence-corrected chi connectivity index (χ2v) is 8.06. The predicted octanol–water partition coefficient (Wildman–Crippen LogP) is 4.22. The van der Waals surface area contributed by atoms with Gasteiger partial charge in [0.15, 0.2) is 17.6 Å². The third kappa shape index (κ3) is 3.56. The maximum atomic E-state index is 12.7. The molecule has 5 rings (SSSR count). The van der Waals surface area contributed by atoms with Crippen molar-refractivity contribution in [2.45, 2.75) is 38.7 Å². The summed E-state index contributed by atoms with van der Waals surface area (Å²) in [5.74, 6) is 0.648. The summed E-state index contributed by atoms with van der Waals surface area (Å²) in [4.78, 5) is 26.4. The standard InChI is InChI=1S/C24H23N3O4/c1-14-24(29)27(2)20-12-18(9-10-21(20)30-14)25-23(28)19-13-22(31-26-19)17-8-7-15-5-3-4-6-16(15)11-17/h7-14H,3-6H2,1-2H3,(H,25,28)/t14-/m0/s1. The van der Waals surface area contributed by atoms with Crippen molar-refractivity contribution in [3.8, 4) is 17.1 Å². The van der Waals surface area contributed by atoms with Crippen molar-refractivity contribution in [2.24, 2.45) is 0 Å². The van der Waals surface area contributed by atoms with Gasteiger partial charge in [0, 0.05) is 24.4 Å². The van der Waals surface area contributed by atoms with E-state index < -0.39 is 6.10 Å². The molecule has 0 saturated heterocycles. The Hall–Kier alpha value is -3.61. The Morgan fingerprint density at radius 3 is 2.74 bits per heavy atom. The molecular weight excluding hydrogens is 394 g/mol. The van der Waals surface area contributed by atoms with Gasteiger partial charge in [-0.05, 0) is 68.0 Å². The summed E-state index contributed by atoms with van der Waals surface area (Å²) in [5, 5.41) is 6.76. The van der Waals surface area contributed by atoms with Crippen molar-refractivity contribution in [2.75, 3.05) is 17.3 Å². The van der Waals surface area contributed by atoms with Gasteiger partial charge in [-0.25, -0.2) is 0 Å². The summed E-state index contributed by atoms with van der Waals surface area (Å²) in [6.45, 7) is 1.71. The Morgan fingerprint density at radius 1 is 1.10 bits per heavy atom. The number of carbonyl (C=O) groups is 2. The number of amides is 2. The number of aromatic nitrogens is 1. The van der Waals surface area contributed by atoms with Crippen molar-refractivity contribution in [3.05, 3.63) is 59.3 Å². The van der Waals surface area contributed by atoms with E-state index in [0.29, 0.717) is 22.9 Å². The zero-order chi connectivity index (χ0) is 21.5. The molecule has 2 aromatic carbocycles. The summed E-state index contributed by atoms with van der Waals surface area (Å²) in [6.07, 6.45) is 4.09. The first kappa shape index (κ1) is 19.4. The fourth-order valence-electron chi connectivity index (χ4n) is 4.19. The maximum absolute atomic E-state index is 12.7. The maximum Gasteiger partial charge on any atom is 0.277 e. The van der Waals surface area contributed by atoms with Crippen molar-refractivity contribution >= 4 is 23.2 Å². The lowest BCUT2D eigenvalue weighted by molar-refractivity contribution is -0.125. The number of carbonyl (C=O) groups excluding carboxylic acids is 2. The van der Waals surface area contributed by atoms with Crippen LogP contribution in [0.5, 0.6) is 5.75 Å². The predicted molar refractivity (Wildman–Crippen MR) is 116 cm³/mol. The first-order valence-corrected chi connectivity index (χ1v) is 10.5. The summed E-state index contributed by atoms with van der Waals surface area (Å²) >= 11 is 0. The topological polar surface area (TPSA) is 84.7 Å². The van der Waals surface area contributed by atoms with Gasteiger partial charge in [-0.2, -0.15) is 0 Å². The van der Waals surface area contributed by atoms with Crippen molar-refractivity contribution in [1.82, 2.24) is 5.16 Å². The zero-order valence-electron chi connectivity index (χ0n) is 17.5. The Balaban J connectivity index is 1.34. The van der Waals surface area contributed by atoms with Crippen LogP contribution >= 0.6 is 0 Å². The second kappa shape index (κ2) is 7.58. The van der Waals surface area contributed by atoms with Crippen molar-refractivity contribution < 1.29 is 18.8 Å². The van der Waals surface area contributed by atoms with E-state index in [0.717, 1.165) is 18.4 Å². The van der Waals surface area contributed by atoms with E-state index in [-0.39, 0.29) is 17.5 Å². The smallest absolute Gasteiger partial charge is 0.277 e. The van der Waals surface area contributed by atoms with Crippen LogP contribution < -0.4 is 15.0 Å². The van der Waals surface area contributed by atoms with Crippen LogP contribution in [0.1, 0.15) is 41.4 Å². The van der Waals surface area contributed by atoms with E-state index in [9.17, 15) is 9.59 Å². The van der Waals surface area contributed by atoms with Gasteiger partial charge in [0.1, 0.15) is 5.75 Å². The third-order valence-electron chi connectivity index (χ3n) is 5.94. The lowest BCUT2D eigenvalue weighted by Gasteiger charge is -2.30. The number of anilines is 2. The Kier molecular flexibility index (Phi) is 4.73. The number of fused-ring (bicyclic) bond motifs is 2. The van der Waals surface area contributed by atoms with Crippen LogP contribution in [0.15, 0.2) is 47.0 Å². The number of benzene rings is 2. The molecule has 31 heavy (non-hydrogen) atoms. The molecule has 0 bridgehead atoms. The molecule has 2 amide bonds. The molecule has 3 aromatic rings. The summed E-state index contributed by atoms with van der Waals surface area (Å²) in [5.41, 5.74) is 5.00. The highest BCUT2D eigenvalue weighted by molar-refractivity contribution is 6.05. The van der Waals surface area contributed by atoms with Gasteiger partial charge in [0.05, 0.1) is 5.69 Å². The van der Waals surface area contributed by atoms with Gasteiger partial charge in [-0.1, -0.05) is 17.3 Å². The number of likely N-dealkylation sites (N-methyl/N-ethyl adjacent to an activating group) is 1. The SMILES string of the molecule is C[C@@H]1Oc2ccc(NC(=O)c3cc(-c4ccc5c(c4)CCCC5)on3)cc2N(C)C1=O. The Labute approximate surface area is 180 Å². The lowest BCUT2D eigenvalue weighted by Crippen LogP contribution is -2.41.